The minimum absolute atomic E-state index is 0.252. The van der Waals surface area contributed by atoms with E-state index in [0.29, 0.717) is 19.3 Å². The zero-order valence-electron chi connectivity index (χ0n) is 10.9. The molecular formula is C14H21NO3. The molecule has 1 amide bonds. The Hall–Kier alpha value is -1.55. The van der Waals surface area contributed by atoms with Crippen LogP contribution >= 0.6 is 0 Å². The Morgan fingerprint density at radius 2 is 2.22 bits per heavy atom. The number of amides is 1. The molecule has 2 fully saturated rings. The van der Waals surface area contributed by atoms with Gasteiger partial charge in [-0.1, -0.05) is 18.7 Å². The average molecular weight is 251 g/mol. The number of rotatable bonds is 3. The summed E-state index contributed by atoms with van der Waals surface area (Å²) in [6.45, 7) is 13.2. The van der Waals surface area contributed by atoms with E-state index < -0.39 is 0 Å². The smallest absolute Gasteiger partial charge is 0.410 e. The summed E-state index contributed by atoms with van der Waals surface area (Å²) >= 11 is 0. The highest BCUT2D eigenvalue weighted by atomic mass is 16.6. The Kier molecular flexibility index (Phi) is 5.65. The summed E-state index contributed by atoms with van der Waals surface area (Å²) in [6.07, 6.45) is 4.90. The highest BCUT2D eigenvalue weighted by Crippen LogP contribution is 2.30. The molecule has 0 radical (unpaired) electrons. The van der Waals surface area contributed by atoms with Gasteiger partial charge >= 0.3 is 6.09 Å². The highest BCUT2D eigenvalue weighted by molar-refractivity contribution is 5.68. The Labute approximate surface area is 109 Å². The van der Waals surface area contributed by atoms with Crippen molar-refractivity contribution >= 4 is 6.09 Å². The van der Waals surface area contributed by atoms with Gasteiger partial charge in [-0.2, -0.15) is 0 Å². The maximum atomic E-state index is 11.7. The first kappa shape index (κ1) is 14.5. The first-order valence-corrected chi connectivity index (χ1v) is 6.09. The summed E-state index contributed by atoms with van der Waals surface area (Å²) in [5.74, 6) is 0. The number of carbonyl (C=O) groups is 1. The van der Waals surface area contributed by atoms with Gasteiger partial charge in [-0.05, 0) is 18.9 Å². The number of nitrogens with zero attached hydrogens (tertiary/aromatic N) is 1. The first-order chi connectivity index (χ1) is 8.74. The van der Waals surface area contributed by atoms with Crippen molar-refractivity contribution < 1.29 is 14.3 Å². The van der Waals surface area contributed by atoms with Gasteiger partial charge in [-0.25, -0.2) is 4.79 Å². The molecule has 100 valence electrons. The molecule has 2 heterocycles. The molecule has 2 unspecified atom stereocenters. The number of allylic oxidation sites excluding steroid dienone is 1. The number of piperidine rings is 1. The van der Waals surface area contributed by atoms with Crippen LogP contribution in [0.4, 0.5) is 4.79 Å². The molecule has 18 heavy (non-hydrogen) atoms. The SMILES string of the molecule is C=C.C=C/C(=C\C)COC(=O)N1CCC2OC2C1. The highest BCUT2D eigenvalue weighted by Gasteiger charge is 2.44. The quantitative estimate of drug-likeness (QED) is 0.440. The van der Waals surface area contributed by atoms with Crippen LogP contribution in [0.15, 0.2) is 37.5 Å². The van der Waals surface area contributed by atoms with Crippen molar-refractivity contribution in [2.75, 3.05) is 19.7 Å². The standard InChI is InChI=1S/C12H17NO3.C2H4/c1-3-9(4-2)8-15-12(14)13-6-5-10-11(7-13)16-10;1-2/h3-4,10-11H,1,5-8H2,2H3;1-2H2/b9-4+;. The van der Waals surface area contributed by atoms with Crippen LogP contribution in [0, 0.1) is 0 Å². The van der Waals surface area contributed by atoms with E-state index in [1.165, 1.54) is 0 Å². The molecule has 2 aliphatic heterocycles. The molecule has 0 spiro atoms. The van der Waals surface area contributed by atoms with Gasteiger partial charge in [0.15, 0.2) is 0 Å². The van der Waals surface area contributed by atoms with E-state index >= 15 is 0 Å². The lowest BCUT2D eigenvalue weighted by Gasteiger charge is -2.23. The zero-order valence-corrected chi connectivity index (χ0v) is 10.9. The van der Waals surface area contributed by atoms with E-state index in [1.807, 2.05) is 13.0 Å². The van der Waals surface area contributed by atoms with Crippen LogP contribution < -0.4 is 0 Å². The van der Waals surface area contributed by atoms with Gasteiger partial charge in [-0.3, -0.25) is 0 Å². The van der Waals surface area contributed by atoms with Crippen LogP contribution in [0.5, 0.6) is 0 Å². The third kappa shape index (κ3) is 3.74. The maximum absolute atomic E-state index is 11.7. The molecule has 2 rings (SSSR count). The van der Waals surface area contributed by atoms with Crippen LogP contribution in [0.25, 0.3) is 0 Å². The molecule has 0 aromatic rings. The van der Waals surface area contributed by atoms with Gasteiger partial charge < -0.3 is 14.4 Å². The Morgan fingerprint density at radius 1 is 1.50 bits per heavy atom. The summed E-state index contributed by atoms with van der Waals surface area (Å²) in [5, 5.41) is 0. The third-order valence-corrected chi connectivity index (χ3v) is 3.03. The third-order valence-electron chi connectivity index (χ3n) is 3.03. The fraction of sp³-hybridized carbons (Fsp3) is 0.500. The molecule has 0 saturated carbocycles. The molecule has 4 heteroatoms. The number of fused-ring (bicyclic) bond motifs is 1. The predicted molar refractivity (Wildman–Crippen MR) is 71.4 cm³/mol. The fourth-order valence-electron chi connectivity index (χ4n) is 1.85. The van der Waals surface area contributed by atoms with Gasteiger partial charge in [0.1, 0.15) is 12.7 Å². The van der Waals surface area contributed by atoms with E-state index in [1.54, 1.807) is 11.0 Å². The van der Waals surface area contributed by atoms with Crippen LogP contribution in [0.2, 0.25) is 0 Å². The minimum atomic E-state index is -0.254. The second-order valence-electron chi connectivity index (χ2n) is 4.07. The van der Waals surface area contributed by atoms with Gasteiger partial charge in [0.2, 0.25) is 0 Å². The number of epoxide rings is 1. The largest absolute Gasteiger partial charge is 0.445 e. The van der Waals surface area contributed by atoms with Crippen molar-refractivity contribution in [1.82, 2.24) is 4.90 Å². The first-order valence-electron chi connectivity index (χ1n) is 6.09. The summed E-state index contributed by atoms with van der Waals surface area (Å²) in [4.78, 5) is 13.4. The van der Waals surface area contributed by atoms with Crippen LogP contribution in [0.1, 0.15) is 13.3 Å². The van der Waals surface area contributed by atoms with Crippen LogP contribution in [-0.4, -0.2) is 42.9 Å². The number of ether oxygens (including phenoxy) is 2. The van der Waals surface area contributed by atoms with Crippen molar-refractivity contribution in [3.8, 4) is 0 Å². The zero-order chi connectivity index (χ0) is 13.5. The molecule has 0 aliphatic carbocycles. The number of hydrogen-bond donors (Lipinski definition) is 0. The lowest BCUT2D eigenvalue weighted by atomic mass is 10.1. The van der Waals surface area contributed by atoms with Gasteiger partial charge in [0.05, 0.1) is 12.6 Å². The van der Waals surface area contributed by atoms with E-state index in [-0.39, 0.29) is 12.2 Å². The predicted octanol–water partition coefficient (Wildman–Crippen LogP) is 2.53. The molecular weight excluding hydrogens is 230 g/mol. The van der Waals surface area contributed by atoms with Crippen LogP contribution in [0.3, 0.4) is 0 Å². The Balaban J connectivity index is 0.000000771. The van der Waals surface area contributed by atoms with Crippen molar-refractivity contribution in [2.45, 2.75) is 25.6 Å². The number of hydrogen-bond acceptors (Lipinski definition) is 3. The van der Waals surface area contributed by atoms with Gasteiger partial charge in [0, 0.05) is 6.54 Å². The fourth-order valence-corrected chi connectivity index (χ4v) is 1.85. The van der Waals surface area contributed by atoms with Crippen molar-refractivity contribution in [3.05, 3.63) is 37.5 Å². The second kappa shape index (κ2) is 7.01. The normalized spacial score (nSPS) is 25.4. The van der Waals surface area contributed by atoms with E-state index in [2.05, 4.69) is 19.7 Å². The van der Waals surface area contributed by atoms with Gasteiger partial charge in [0.25, 0.3) is 0 Å². The molecule has 4 nitrogen and oxygen atoms in total. The molecule has 0 aromatic carbocycles. The average Bonchev–Trinajstić information content (AvgIpc) is 3.20. The van der Waals surface area contributed by atoms with E-state index in [0.717, 1.165) is 18.5 Å². The molecule has 2 aliphatic rings. The number of likely N-dealkylation sites (tertiary alicyclic amines) is 1. The lowest BCUT2D eigenvalue weighted by molar-refractivity contribution is 0.106. The van der Waals surface area contributed by atoms with Crippen molar-refractivity contribution in [2.24, 2.45) is 0 Å². The molecule has 0 bridgehead atoms. The van der Waals surface area contributed by atoms with E-state index in [9.17, 15) is 4.79 Å². The topological polar surface area (TPSA) is 42.1 Å². The van der Waals surface area contributed by atoms with E-state index in [4.69, 9.17) is 9.47 Å². The summed E-state index contributed by atoms with van der Waals surface area (Å²) in [7, 11) is 0. The van der Waals surface area contributed by atoms with Gasteiger partial charge in [-0.15, -0.1) is 13.2 Å². The summed E-state index contributed by atoms with van der Waals surface area (Å²) in [6, 6.07) is 0. The summed E-state index contributed by atoms with van der Waals surface area (Å²) < 4.78 is 10.5. The molecule has 0 aromatic heterocycles. The summed E-state index contributed by atoms with van der Waals surface area (Å²) in [5.41, 5.74) is 0.922. The monoisotopic (exact) mass is 251 g/mol. The lowest BCUT2D eigenvalue weighted by Crippen LogP contribution is -2.39. The van der Waals surface area contributed by atoms with Crippen molar-refractivity contribution in [3.63, 3.8) is 0 Å². The molecule has 0 N–H and O–H groups in total. The second-order valence-corrected chi connectivity index (χ2v) is 4.07. The van der Waals surface area contributed by atoms with Crippen molar-refractivity contribution in [1.29, 1.82) is 0 Å². The Bertz CT molecular complexity index is 338. The Morgan fingerprint density at radius 3 is 2.78 bits per heavy atom. The van der Waals surface area contributed by atoms with Crippen LogP contribution in [-0.2, 0) is 9.47 Å². The number of carbonyl (C=O) groups excluding carboxylic acids is 1. The minimum Gasteiger partial charge on any atom is -0.445 e. The molecule has 2 atom stereocenters. The molecule has 2 saturated heterocycles. The maximum Gasteiger partial charge on any atom is 0.410 e.